The molecule has 9 nitrogen and oxygen atoms in total. The van der Waals surface area contributed by atoms with Gasteiger partial charge in [0.05, 0.1) is 6.54 Å². The molecule has 0 aromatic carbocycles. The smallest absolute Gasteiger partial charge is 0.223 e. The molecule has 2 aliphatic heterocycles. The highest BCUT2D eigenvalue weighted by Gasteiger charge is 2.27. The number of piperidine rings is 1. The minimum atomic E-state index is 0.216. The van der Waals surface area contributed by atoms with E-state index in [-0.39, 0.29) is 5.95 Å². The molecule has 140 valence electrons. The molecule has 2 aromatic heterocycles. The third-order valence-electron chi connectivity index (χ3n) is 5.42. The molecule has 1 unspecified atom stereocenters. The summed E-state index contributed by atoms with van der Waals surface area (Å²) >= 11 is 0. The maximum absolute atomic E-state index is 5.83. The van der Waals surface area contributed by atoms with Crippen molar-refractivity contribution in [2.45, 2.75) is 38.1 Å². The summed E-state index contributed by atoms with van der Waals surface area (Å²) in [5.41, 5.74) is 11.6. The Morgan fingerprint density at radius 3 is 2.65 bits per heavy atom. The van der Waals surface area contributed by atoms with Crippen molar-refractivity contribution in [2.24, 2.45) is 7.05 Å². The van der Waals surface area contributed by atoms with E-state index in [1.54, 1.807) is 6.07 Å². The first-order valence-electron chi connectivity index (χ1n) is 9.35. The molecule has 0 saturated carbocycles. The molecule has 4 rings (SSSR count). The van der Waals surface area contributed by atoms with Crippen LogP contribution in [0.4, 0.5) is 17.6 Å². The molecule has 4 heterocycles. The molecular formula is C17H27N9. The Labute approximate surface area is 153 Å². The zero-order valence-electron chi connectivity index (χ0n) is 15.3. The van der Waals surface area contributed by atoms with E-state index in [1.165, 1.54) is 12.8 Å². The SMILES string of the molecule is Cn1c(CN2CCCC2)nnc1C1CCCN(c2cc(N)nc(N)n2)C1. The van der Waals surface area contributed by atoms with Crippen molar-refractivity contribution < 1.29 is 0 Å². The highest BCUT2D eigenvalue weighted by molar-refractivity contribution is 5.50. The van der Waals surface area contributed by atoms with Gasteiger partial charge < -0.3 is 20.9 Å². The monoisotopic (exact) mass is 357 g/mol. The second kappa shape index (κ2) is 7.06. The summed E-state index contributed by atoms with van der Waals surface area (Å²) in [6.45, 7) is 4.99. The van der Waals surface area contributed by atoms with Crippen molar-refractivity contribution in [1.29, 1.82) is 0 Å². The Morgan fingerprint density at radius 1 is 1.08 bits per heavy atom. The lowest BCUT2D eigenvalue weighted by Crippen LogP contribution is -2.36. The van der Waals surface area contributed by atoms with Gasteiger partial charge in [0.25, 0.3) is 0 Å². The van der Waals surface area contributed by atoms with E-state index >= 15 is 0 Å². The lowest BCUT2D eigenvalue weighted by Gasteiger charge is -2.33. The van der Waals surface area contributed by atoms with E-state index in [1.807, 2.05) is 0 Å². The quantitative estimate of drug-likeness (QED) is 0.824. The number of hydrogen-bond acceptors (Lipinski definition) is 8. The van der Waals surface area contributed by atoms with E-state index < -0.39 is 0 Å². The van der Waals surface area contributed by atoms with Crippen molar-refractivity contribution in [2.75, 3.05) is 42.5 Å². The third kappa shape index (κ3) is 3.44. The van der Waals surface area contributed by atoms with Crippen LogP contribution in [0.5, 0.6) is 0 Å². The summed E-state index contributed by atoms with van der Waals surface area (Å²) in [6, 6.07) is 1.79. The van der Waals surface area contributed by atoms with Crippen LogP contribution in [0.1, 0.15) is 43.3 Å². The molecule has 2 aliphatic rings. The third-order valence-corrected chi connectivity index (χ3v) is 5.42. The predicted molar refractivity (Wildman–Crippen MR) is 101 cm³/mol. The van der Waals surface area contributed by atoms with Gasteiger partial charge >= 0.3 is 0 Å². The van der Waals surface area contributed by atoms with Gasteiger partial charge in [-0.3, -0.25) is 4.90 Å². The summed E-state index contributed by atoms with van der Waals surface area (Å²) < 4.78 is 2.18. The van der Waals surface area contributed by atoms with Crippen LogP contribution in [0.15, 0.2) is 6.07 Å². The standard InChI is InChI=1S/C17H27N9/c1-24-15(11-25-6-2-3-7-25)22-23-16(24)12-5-4-8-26(10-12)14-9-13(18)20-17(19)21-14/h9,12H,2-8,10-11H2,1H3,(H4,18,19,20,21). The Kier molecular flexibility index (Phi) is 4.62. The van der Waals surface area contributed by atoms with Gasteiger partial charge in [-0.05, 0) is 38.8 Å². The highest BCUT2D eigenvalue weighted by atomic mass is 15.3. The summed E-state index contributed by atoms with van der Waals surface area (Å²) in [6.07, 6.45) is 4.74. The molecule has 0 amide bonds. The number of rotatable bonds is 4. The molecule has 2 aromatic rings. The minimum Gasteiger partial charge on any atom is -0.383 e. The highest BCUT2D eigenvalue weighted by Crippen LogP contribution is 2.29. The summed E-state index contributed by atoms with van der Waals surface area (Å²) in [5.74, 6) is 3.84. The average molecular weight is 357 g/mol. The number of aromatic nitrogens is 5. The molecule has 0 bridgehead atoms. The Bertz CT molecular complexity index is 745. The summed E-state index contributed by atoms with van der Waals surface area (Å²) in [4.78, 5) is 13.0. The first-order valence-corrected chi connectivity index (χ1v) is 9.35. The van der Waals surface area contributed by atoms with Gasteiger partial charge in [-0.1, -0.05) is 0 Å². The van der Waals surface area contributed by atoms with Crippen LogP contribution in [0.3, 0.4) is 0 Å². The topological polar surface area (TPSA) is 115 Å². The Hall–Kier alpha value is -2.42. The molecule has 4 N–H and O–H groups in total. The summed E-state index contributed by atoms with van der Waals surface area (Å²) in [5, 5.41) is 8.99. The maximum Gasteiger partial charge on any atom is 0.223 e. The van der Waals surface area contributed by atoms with Gasteiger partial charge in [-0.2, -0.15) is 9.97 Å². The van der Waals surface area contributed by atoms with Gasteiger partial charge in [-0.15, -0.1) is 10.2 Å². The van der Waals surface area contributed by atoms with Gasteiger partial charge in [0, 0.05) is 32.1 Å². The van der Waals surface area contributed by atoms with E-state index in [4.69, 9.17) is 11.5 Å². The van der Waals surface area contributed by atoms with Gasteiger partial charge in [0.15, 0.2) is 0 Å². The second-order valence-electron chi connectivity index (χ2n) is 7.31. The molecule has 0 radical (unpaired) electrons. The number of anilines is 3. The normalized spacial score (nSPS) is 21.4. The fourth-order valence-electron chi connectivity index (χ4n) is 4.04. The van der Waals surface area contributed by atoms with Crippen LogP contribution in [0, 0.1) is 0 Å². The number of nitrogen functional groups attached to an aromatic ring is 2. The average Bonchev–Trinajstić information content (AvgIpc) is 3.25. The molecule has 2 saturated heterocycles. The number of hydrogen-bond donors (Lipinski definition) is 2. The van der Waals surface area contributed by atoms with Crippen LogP contribution in [-0.2, 0) is 13.6 Å². The summed E-state index contributed by atoms with van der Waals surface area (Å²) in [7, 11) is 2.08. The van der Waals surface area contributed by atoms with Crippen molar-refractivity contribution in [3.8, 4) is 0 Å². The van der Waals surface area contributed by atoms with Crippen molar-refractivity contribution in [3.63, 3.8) is 0 Å². The number of nitrogens with two attached hydrogens (primary N) is 2. The molecule has 0 aliphatic carbocycles. The lowest BCUT2D eigenvalue weighted by atomic mass is 9.97. The minimum absolute atomic E-state index is 0.216. The van der Waals surface area contributed by atoms with E-state index in [2.05, 4.69) is 41.6 Å². The fraction of sp³-hybridized carbons (Fsp3) is 0.647. The van der Waals surface area contributed by atoms with Crippen LogP contribution in [0.2, 0.25) is 0 Å². The fourth-order valence-corrected chi connectivity index (χ4v) is 4.04. The molecule has 26 heavy (non-hydrogen) atoms. The molecule has 0 spiro atoms. The van der Waals surface area contributed by atoms with Crippen LogP contribution >= 0.6 is 0 Å². The molecule has 9 heteroatoms. The van der Waals surface area contributed by atoms with Gasteiger partial charge in [-0.25, -0.2) is 0 Å². The van der Waals surface area contributed by atoms with Crippen LogP contribution < -0.4 is 16.4 Å². The zero-order chi connectivity index (χ0) is 18.1. The Balaban J connectivity index is 1.50. The first-order chi connectivity index (χ1) is 12.6. The van der Waals surface area contributed by atoms with Crippen molar-refractivity contribution >= 4 is 17.6 Å². The Morgan fingerprint density at radius 2 is 1.88 bits per heavy atom. The number of likely N-dealkylation sites (tertiary alicyclic amines) is 1. The van der Waals surface area contributed by atoms with Crippen LogP contribution in [-0.4, -0.2) is 55.8 Å². The maximum atomic E-state index is 5.83. The van der Waals surface area contributed by atoms with Gasteiger partial charge in [0.2, 0.25) is 5.95 Å². The molecule has 2 fully saturated rings. The second-order valence-corrected chi connectivity index (χ2v) is 7.31. The van der Waals surface area contributed by atoms with E-state index in [0.29, 0.717) is 11.7 Å². The molecule has 1 atom stereocenters. The first kappa shape index (κ1) is 17.0. The van der Waals surface area contributed by atoms with Gasteiger partial charge in [0.1, 0.15) is 23.3 Å². The van der Waals surface area contributed by atoms with Crippen molar-refractivity contribution in [1.82, 2.24) is 29.6 Å². The van der Waals surface area contributed by atoms with Crippen molar-refractivity contribution in [3.05, 3.63) is 17.7 Å². The zero-order valence-corrected chi connectivity index (χ0v) is 15.3. The lowest BCUT2D eigenvalue weighted by molar-refractivity contribution is 0.317. The van der Waals surface area contributed by atoms with E-state index in [0.717, 1.165) is 63.0 Å². The largest absolute Gasteiger partial charge is 0.383 e. The predicted octanol–water partition coefficient (Wildman–Crippen LogP) is 0.749. The van der Waals surface area contributed by atoms with E-state index in [9.17, 15) is 0 Å². The number of nitrogens with zero attached hydrogens (tertiary/aromatic N) is 7. The van der Waals surface area contributed by atoms with Crippen LogP contribution in [0.25, 0.3) is 0 Å². The molecular weight excluding hydrogens is 330 g/mol.